The Balaban J connectivity index is 1.86. The Bertz CT molecular complexity index is 679. The third-order valence-corrected chi connectivity index (χ3v) is 4.40. The quantitative estimate of drug-likeness (QED) is 0.942. The number of nitrogens with zero attached hydrogens (tertiary/aromatic N) is 4. The van der Waals surface area contributed by atoms with Crippen molar-refractivity contribution in [2.45, 2.75) is 39.7 Å². The van der Waals surface area contributed by atoms with Gasteiger partial charge in [0.25, 0.3) is 0 Å². The highest BCUT2D eigenvalue weighted by Gasteiger charge is 2.30. The van der Waals surface area contributed by atoms with Crippen LogP contribution in [0.15, 0.2) is 11.4 Å². The Labute approximate surface area is 133 Å². The molecule has 0 spiro atoms. The number of aromatic nitrogens is 3. The van der Waals surface area contributed by atoms with E-state index >= 15 is 0 Å². The smallest absolute Gasteiger partial charge is 0.226 e. The standard InChI is InChI=1S/C15H19N5OS/c1-9-7-10(2)17-14(16-9)20-6-4-5-13(20)12-8-22-15(19-12)18-11(3)21/h7-8,13H,4-6H2,1-3H3,(H,18,19,21). The van der Waals surface area contributed by atoms with Gasteiger partial charge in [0.1, 0.15) is 0 Å². The van der Waals surface area contributed by atoms with Gasteiger partial charge in [0.15, 0.2) is 5.13 Å². The van der Waals surface area contributed by atoms with E-state index in [4.69, 9.17) is 0 Å². The van der Waals surface area contributed by atoms with Gasteiger partial charge >= 0.3 is 0 Å². The van der Waals surface area contributed by atoms with Crippen molar-refractivity contribution in [2.75, 3.05) is 16.8 Å². The number of hydrogen-bond donors (Lipinski definition) is 1. The molecular formula is C15H19N5OS. The number of thiazole rings is 1. The average Bonchev–Trinajstić information content (AvgIpc) is 3.04. The minimum Gasteiger partial charge on any atom is -0.332 e. The fourth-order valence-corrected chi connectivity index (χ4v) is 3.60. The van der Waals surface area contributed by atoms with E-state index in [9.17, 15) is 4.79 Å². The van der Waals surface area contributed by atoms with Crippen LogP contribution in [0.4, 0.5) is 11.1 Å². The molecule has 3 rings (SSSR count). The largest absolute Gasteiger partial charge is 0.332 e. The fourth-order valence-electron chi connectivity index (χ4n) is 2.80. The van der Waals surface area contributed by atoms with Crippen molar-refractivity contribution in [3.05, 3.63) is 28.5 Å². The minimum atomic E-state index is -0.0955. The Morgan fingerprint density at radius 3 is 2.73 bits per heavy atom. The van der Waals surface area contributed by atoms with E-state index in [2.05, 4.69) is 25.2 Å². The topological polar surface area (TPSA) is 71.0 Å². The third kappa shape index (κ3) is 3.09. The van der Waals surface area contributed by atoms with Crippen molar-refractivity contribution < 1.29 is 4.79 Å². The number of amides is 1. The van der Waals surface area contributed by atoms with E-state index in [-0.39, 0.29) is 11.9 Å². The summed E-state index contributed by atoms with van der Waals surface area (Å²) >= 11 is 1.46. The zero-order valence-electron chi connectivity index (χ0n) is 13.0. The van der Waals surface area contributed by atoms with Gasteiger partial charge in [0.2, 0.25) is 11.9 Å². The number of hydrogen-bond acceptors (Lipinski definition) is 6. The molecule has 0 bridgehead atoms. The van der Waals surface area contributed by atoms with E-state index in [0.29, 0.717) is 5.13 Å². The fraction of sp³-hybridized carbons (Fsp3) is 0.467. The van der Waals surface area contributed by atoms with Gasteiger partial charge in [-0.2, -0.15) is 0 Å². The molecular weight excluding hydrogens is 298 g/mol. The number of rotatable bonds is 3. The molecule has 3 heterocycles. The number of carbonyl (C=O) groups is 1. The normalized spacial score (nSPS) is 17.8. The lowest BCUT2D eigenvalue weighted by molar-refractivity contribution is -0.114. The van der Waals surface area contributed by atoms with Crippen molar-refractivity contribution in [2.24, 2.45) is 0 Å². The van der Waals surface area contributed by atoms with Crippen LogP contribution in [0, 0.1) is 13.8 Å². The second-order valence-corrected chi connectivity index (χ2v) is 6.42. The molecule has 1 aliphatic heterocycles. The maximum Gasteiger partial charge on any atom is 0.226 e. The van der Waals surface area contributed by atoms with Crippen molar-refractivity contribution in [1.29, 1.82) is 0 Å². The van der Waals surface area contributed by atoms with Crippen LogP contribution >= 0.6 is 11.3 Å². The molecule has 6 nitrogen and oxygen atoms in total. The highest BCUT2D eigenvalue weighted by molar-refractivity contribution is 7.13. The van der Waals surface area contributed by atoms with E-state index in [1.54, 1.807) is 0 Å². The molecule has 0 saturated carbocycles. The van der Waals surface area contributed by atoms with E-state index in [1.165, 1.54) is 18.3 Å². The summed E-state index contributed by atoms with van der Waals surface area (Å²) in [5, 5.41) is 5.40. The maximum atomic E-state index is 11.1. The Morgan fingerprint density at radius 2 is 2.05 bits per heavy atom. The lowest BCUT2D eigenvalue weighted by Gasteiger charge is -2.23. The monoisotopic (exact) mass is 317 g/mol. The summed E-state index contributed by atoms with van der Waals surface area (Å²) in [5.41, 5.74) is 2.93. The first-order chi connectivity index (χ1) is 10.5. The minimum absolute atomic E-state index is 0.0955. The summed E-state index contributed by atoms with van der Waals surface area (Å²) in [7, 11) is 0. The van der Waals surface area contributed by atoms with E-state index < -0.39 is 0 Å². The second kappa shape index (κ2) is 6.00. The van der Waals surface area contributed by atoms with Crippen LogP contribution in [0.5, 0.6) is 0 Å². The van der Waals surface area contributed by atoms with Crippen molar-refractivity contribution in [1.82, 2.24) is 15.0 Å². The Hall–Kier alpha value is -2.02. The zero-order chi connectivity index (χ0) is 15.7. The Morgan fingerprint density at radius 1 is 1.32 bits per heavy atom. The van der Waals surface area contributed by atoms with Crippen LogP contribution in [-0.4, -0.2) is 27.4 Å². The van der Waals surface area contributed by atoms with Crippen LogP contribution in [0.25, 0.3) is 0 Å². The van der Waals surface area contributed by atoms with Crippen molar-refractivity contribution in [3.63, 3.8) is 0 Å². The second-order valence-electron chi connectivity index (χ2n) is 5.56. The van der Waals surface area contributed by atoms with Crippen LogP contribution in [0.3, 0.4) is 0 Å². The van der Waals surface area contributed by atoms with E-state index in [1.807, 2.05) is 25.3 Å². The summed E-state index contributed by atoms with van der Waals surface area (Å²) in [6, 6.07) is 2.16. The zero-order valence-corrected chi connectivity index (χ0v) is 13.8. The molecule has 22 heavy (non-hydrogen) atoms. The highest BCUT2D eigenvalue weighted by Crippen LogP contribution is 2.35. The summed E-state index contributed by atoms with van der Waals surface area (Å²) in [5.74, 6) is 0.677. The molecule has 0 aromatic carbocycles. The first-order valence-electron chi connectivity index (χ1n) is 7.35. The lowest BCUT2D eigenvalue weighted by Crippen LogP contribution is -2.25. The van der Waals surface area contributed by atoms with Gasteiger partial charge in [-0.25, -0.2) is 15.0 Å². The molecule has 1 amide bonds. The van der Waals surface area contributed by atoms with Crippen molar-refractivity contribution >= 4 is 28.3 Å². The molecule has 116 valence electrons. The van der Waals surface area contributed by atoms with Crippen LogP contribution in [0.1, 0.15) is 42.9 Å². The van der Waals surface area contributed by atoms with Gasteiger partial charge in [-0.3, -0.25) is 4.79 Å². The van der Waals surface area contributed by atoms with Gasteiger partial charge in [-0.1, -0.05) is 0 Å². The SMILES string of the molecule is CC(=O)Nc1nc(C2CCCN2c2nc(C)cc(C)n2)cs1. The first-order valence-corrected chi connectivity index (χ1v) is 8.23. The van der Waals surface area contributed by atoms with Gasteiger partial charge in [-0.15, -0.1) is 11.3 Å². The molecule has 1 atom stereocenters. The molecule has 1 fully saturated rings. The third-order valence-electron chi connectivity index (χ3n) is 3.63. The maximum absolute atomic E-state index is 11.1. The summed E-state index contributed by atoms with van der Waals surface area (Å²) in [6.07, 6.45) is 2.12. The molecule has 0 aliphatic carbocycles. The molecule has 2 aromatic heterocycles. The van der Waals surface area contributed by atoms with Gasteiger partial charge in [0, 0.05) is 30.2 Å². The molecule has 7 heteroatoms. The highest BCUT2D eigenvalue weighted by atomic mass is 32.1. The van der Waals surface area contributed by atoms with Gasteiger partial charge < -0.3 is 10.2 Å². The van der Waals surface area contributed by atoms with Crippen LogP contribution < -0.4 is 10.2 Å². The Kier molecular flexibility index (Phi) is 4.06. The molecule has 2 aromatic rings. The molecule has 1 saturated heterocycles. The van der Waals surface area contributed by atoms with Crippen LogP contribution in [-0.2, 0) is 4.79 Å². The summed E-state index contributed by atoms with van der Waals surface area (Å²) in [4.78, 5) is 27.0. The molecule has 1 N–H and O–H groups in total. The van der Waals surface area contributed by atoms with Gasteiger partial charge in [0.05, 0.1) is 11.7 Å². The molecule has 1 unspecified atom stereocenters. The van der Waals surface area contributed by atoms with Gasteiger partial charge in [-0.05, 0) is 32.8 Å². The predicted molar refractivity (Wildman–Crippen MR) is 87.2 cm³/mol. The number of aryl methyl sites for hydroxylation is 2. The lowest BCUT2D eigenvalue weighted by atomic mass is 10.2. The molecule has 0 radical (unpaired) electrons. The number of carbonyl (C=O) groups excluding carboxylic acids is 1. The average molecular weight is 317 g/mol. The first kappa shape index (κ1) is 14.9. The molecule has 1 aliphatic rings. The summed E-state index contributed by atoms with van der Waals surface area (Å²) in [6.45, 7) is 6.40. The summed E-state index contributed by atoms with van der Waals surface area (Å²) < 4.78 is 0. The van der Waals surface area contributed by atoms with E-state index in [0.717, 1.165) is 42.4 Å². The van der Waals surface area contributed by atoms with Crippen LogP contribution in [0.2, 0.25) is 0 Å². The number of anilines is 2. The number of nitrogens with one attached hydrogen (secondary N) is 1. The predicted octanol–water partition coefficient (Wildman–Crippen LogP) is 2.85. The van der Waals surface area contributed by atoms with Crippen molar-refractivity contribution in [3.8, 4) is 0 Å².